The van der Waals surface area contributed by atoms with Gasteiger partial charge in [-0.1, -0.05) is 30.3 Å². The molecule has 2 aromatic carbocycles. The monoisotopic (exact) mass is 398 g/mol. The molecule has 3 heterocycles. The topological polar surface area (TPSA) is 66.9 Å². The third-order valence-electron chi connectivity index (χ3n) is 5.82. The predicted molar refractivity (Wildman–Crippen MR) is 105 cm³/mol. The van der Waals surface area contributed by atoms with Gasteiger partial charge in [-0.25, -0.2) is 8.42 Å². The first-order chi connectivity index (χ1) is 13.5. The van der Waals surface area contributed by atoms with Crippen LogP contribution in [-0.4, -0.2) is 44.9 Å². The SMILES string of the molecule is O=C1Cc2cc(S(=O)(=O)N3CCOC(c4ccccc4)C3)cc3c2N1CCC3. The lowest BCUT2D eigenvalue weighted by Crippen LogP contribution is -2.42. The summed E-state index contributed by atoms with van der Waals surface area (Å²) in [7, 11) is -3.64. The van der Waals surface area contributed by atoms with Gasteiger partial charge in [0, 0.05) is 19.6 Å². The second kappa shape index (κ2) is 6.69. The van der Waals surface area contributed by atoms with E-state index in [1.807, 2.05) is 35.2 Å². The summed E-state index contributed by atoms with van der Waals surface area (Å²) in [6.45, 7) is 1.73. The number of morpholine rings is 1. The third kappa shape index (κ3) is 2.85. The first kappa shape index (κ1) is 17.8. The quantitative estimate of drug-likeness (QED) is 0.796. The molecule has 0 N–H and O–H groups in total. The van der Waals surface area contributed by atoms with Crippen LogP contribution in [0.4, 0.5) is 5.69 Å². The van der Waals surface area contributed by atoms with Gasteiger partial charge in [0.15, 0.2) is 0 Å². The molecule has 2 aromatic rings. The average Bonchev–Trinajstić information content (AvgIpc) is 3.06. The van der Waals surface area contributed by atoms with Gasteiger partial charge in [0.1, 0.15) is 0 Å². The van der Waals surface area contributed by atoms with Gasteiger partial charge in [0.25, 0.3) is 0 Å². The number of aryl methyl sites for hydroxylation is 1. The third-order valence-corrected chi connectivity index (χ3v) is 7.66. The van der Waals surface area contributed by atoms with Crippen LogP contribution in [-0.2, 0) is 32.4 Å². The van der Waals surface area contributed by atoms with E-state index in [4.69, 9.17) is 4.74 Å². The summed E-state index contributed by atoms with van der Waals surface area (Å²) in [5, 5.41) is 0. The number of hydrogen-bond donors (Lipinski definition) is 0. The van der Waals surface area contributed by atoms with Gasteiger partial charge in [0.2, 0.25) is 15.9 Å². The van der Waals surface area contributed by atoms with Crippen molar-refractivity contribution in [1.29, 1.82) is 0 Å². The van der Waals surface area contributed by atoms with Crippen molar-refractivity contribution in [2.45, 2.75) is 30.3 Å². The van der Waals surface area contributed by atoms with Gasteiger partial charge in [-0.2, -0.15) is 4.31 Å². The van der Waals surface area contributed by atoms with Gasteiger partial charge >= 0.3 is 0 Å². The summed E-state index contributed by atoms with van der Waals surface area (Å²) >= 11 is 0. The number of benzene rings is 2. The molecule has 1 amide bonds. The minimum Gasteiger partial charge on any atom is -0.371 e. The fourth-order valence-corrected chi connectivity index (χ4v) is 5.99. The summed E-state index contributed by atoms with van der Waals surface area (Å²) in [5.74, 6) is 0.0704. The Morgan fingerprint density at radius 2 is 1.82 bits per heavy atom. The molecule has 7 heteroatoms. The molecular weight excluding hydrogens is 376 g/mol. The van der Waals surface area contributed by atoms with Crippen molar-refractivity contribution in [1.82, 2.24) is 4.31 Å². The first-order valence-electron chi connectivity index (χ1n) is 9.67. The van der Waals surface area contributed by atoms with Gasteiger partial charge in [-0.3, -0.25) is 4.79 Å². The Kier molecular flexibility index (Phi) is 4.26. The molecular formula is C21H22N2O4S. The van der Waals surface area contributed by atoms with Crippen molar-refractivity contribution in [3.8, 4) is 0 Å². The van der Waals surface area contributed by atoms with E-state index >= 15 is 0 Å². The zero-order chi connectivity index (χ0) is 19.3. The van der Waals surface area contributed by atoms with Crippen molar-refractivity contribution in [2.24, 2.45) is 0 Å². The number of anilines is 1. The molecule has 1 fully saturated rings. The molecule has 0 bridgehead atoms. The van der Waals surface area contributed by atoms with Crippen molar-refractivity contribution in [2.75, 3.05) is 31.1 Å². The second-order valence-electron chi connectivity index (χ2n) is 7.55. The zero-order valence-corrected chi connectivity index (χ0v) is 16.3. The van der Waals surface area contributed by atoms with Crippen molar-refractivity contribution >= 4 is 21.6 Å². The maximum absolute atomic E-state index is 13.4. The summed E-state index contributed by atoms with van der Waals surface area (Å²) in [6, 6.07) is 13.2. The highest BCUT2D eigenvalue weighted by Gasteiger charge is 2.36. The molecule has 6 nitrogen and oxygen atoms in total. The number of amides is 1. The van der Waals surface area contributed by atoms with E-state index in [9.17, 15) is 13.2 Å². The fraction of sp³-hybridized carbons (Fsp3) is 0.381. The Morgan fingerprint density at radius 1 is 1.04 bits per heavy atom. The minimum absolute atomic E-state index is 0.0704. The lowest BCUT2D eigenvalue weighted by molar-refractivity contribution is -0.117. The molecule has 28 heavy (non-hydrogen) atoms. The van der Waals surface area contributed by atoms with Crippen molar-refractivity contribution < 1.29 is 17.9 Å². The first-order valence-corrected chi connectivity index (χ1v) is 11.1. The Balaban J connectivity index is 1.48. The van der Waals surface area contributed by atoms with Crippen LogP contribution >= 0.6 is 0 Å². The summed E-state index contributed by atoms with van der Waals surface area (Å²) in [5.41, 5.74) is 3.74. The van der Waals surface area contributed by atoms with Crippen LogP contribution in [0.25, 0.3) is 0 Å². The lowest BCUT2D eigenvalue weighted by atomic mass is 10.0. The zero-order valence-electron chi connectivity index (χ0n) is 15.5. The highest BCUT2D eigenvalue weighted by atomic mass is 32.2. The molecule has 0 saturated carbocycles. The van der Waals surface area contributed by atoms with E-state index in [-0.39, 0.29) is 12.0 Å². The number of nitrogens with zero attached hydrogens (tertiary/aromatic N) is 2. The summed E-state index contributed by atoms with van der Waals surface area (Å²) in [6.07, 6.45) is 1.71. The molecule has 0 aliphatic carbocycles. The number of carbonyl (C=O) groups excluding carboxylic acids is 1. The molecule has 0 radical (unpaired) electrons. The maximum atomic E-state index is 13.4. The smallest absolute Gasteiger partial charge is 0.243 e. The highest BCUT2D eigenvalue weighted by Crippen LogP contribution is 2.39. The van der Waals surface area contributed by atoms with Crippen LogP contribution in [0.5, 0.6) is 0 Å². The summed E-state index contributed by atoms with van der Waals surface area (Å²) in [4.78, 5) is 14.4. The van der Waals surface area contributed by atoms with Crippen LogP contribution in [0, 0.1) is 0 Å². The lowest BCUT2D eigenvalue weighted by Gasteiger charge is -2.33. The van der Waals surface area contributed by atoms with Crippen molar-refractivity contribution in [3.05, 3.63) is 59.2 Å². The number of ether oxygens (including phenoxy) is 1. The molecule has 1 atom stereocenters. The standard InChI is InChI=1S/C21H22N2O4S/c24-20-13-17-12-18(11-16-7-4-8-23(20)21(16)17)28(25,26)22-9-10-27-19(14-22)15-5-2-1-3-6-15/h1-3,5-6,11-12,19H,4,7-10,13-14H2. The fourth-order valence-electron chi connectivity index (χ4n) is 4.46. The van der Waals surface area contributed by atoms with E-state index in [2.05, 4.69) is 0 Å². The molecule has 3 aliphatic rings. The minimum atomic E-state index is -3.64. The molecule has 1 saturated heterocycles. The van der Waals surface area contributed by atoms with E-state index in [0.717, 1.165) is 41.8 Å². The molecule has 5 rings (SSSR count). The Labute approximate surface area is 164 Å². The normalized spacial score (nSPS) is 22.4. The van der Waals surface area contributed by atoms with Gasteiger partial charge in [0.05, 0.1) is 29.7 Å². The molecule has 1 unspecified atom stereocenters. The maximum Gasteiger partial charge on any atom is 0.243 e. The van der Waals surface area contributed by atoms with E-state index in [1.54, 1.807) is 12.1 Å². The van der Waals surface area contributed by atoms with Crippen molar-refractivity contribution in [3.63, 3.8) is 0 Å². The van der Waals surface area contributed by atoms with Gasteiger partial charge in [-0.05, 0) is 41.7 Å². The molecule has 0 spiro atoms. The molecule has 0 aromatic heterocycles. The molecule has 3 aliphatic heterocycles. The van der Waals surface area contributed by atoms with Crippen LogP contribution < -0.4 is 4.90 Å². The van der Waals surface area contributed by atoms with Crippen LogP contribution in [0.15, 0.2) is 47.4 Å². The molecule has 146 valence electrons. The average molecular weight is 398 g/mol. The number of rotatable bonds is 3. The Bertz CT molecular complexity index is 1040. The second-order valence-corrected chi connectivity index (χ2v) is 9.49. The van der Waals surface area contributed by atoms with Gasteiger partial charge in [-0.15, -0.1) is 0 Å². The largest absolute Gasteiger partial charge is 0.371 e. The number of sulfonamides is 1. The van der Waals surface area contributed by atoms with Crippen LogP contribution in [0.3, 0.4) is 0 Å². The van der Waals surface area contributed by atoms with Gasteiger partial charge < -0.3 is 9.64 Å². The van der Waals surface area contributed by atoms with E-state index < -0.39 is 10.0 Å². The highest BCUT2D eigenvalue weighted by molar-refractivity contribution is 7.89. The van der Waals surface area contributed by atoms with E-state index in [1.165, 1.54) is 4.31 Å². The number of carbonyl (C=O) groups is 1. The Hall–Kier alpha value is -2.22. The summed E-state index contributed by atoms with van der Waals surface area (Å²) < 4.78 is 34.1. The number of hydrogen-bond acceptors (Lipinski definition) is 4. The van der Waals surface area contributed by atoms with Crippen LogP contribution in [0.2, 0.25) is 0 Å². The predicted octanol–water partition coefficient (Wildman–Crippen LogP) is 2.28. The van der Waals surface area contributed by atoms with E-state index in [0.29, 0.717) is 31.0 Å². The Morgan fingerprint density at radius 3 is 2.64 bits per heavy atom. The van der Waals surface area contributed by atoms with Crippen LogP contribution in [0.1, 0.15) is 29.2 Å².